The van der Waals surface area contributed by atoms with Crippen molar-refractivity contribution in [1.29, 1.82) is 0 Å². The van der Waals surface area contributed by atoms with Crippen LogP contribution in [0.4, 0.5) is 0 Å². The van der Waals surface area contributed by atoms with Crippen LogP contribution in [-0.2, 0) is 57.2 Å². The van der Waals surface area contributed by atoms with Crippen LogP contribution >= 0.6 is 0 Å². The van der Waals surface area contributed by atoms with Gasteiger partial charge < -0.3 is 49.1 Å². The monoisotopic (exact) mass is 955 g/mol. The number of aliphatic hydroxyl groups excluding tert-OH is 1. The van der Waals surface area contributed by atoms with E-state index >= 15 is 9.59 Å². The van der Waals surface area contributed by atoms with Crippen molar-refractivity contribution in [1.82, 2.24) is 5.32 Å². The van der Waals surface area contributed by atoms with E-state index in [1.54, 1.807) is 87.5 Å². The molecule has 1 heterocycles. The molecule has 3 aromatic carbocycles. The van der Waals surface area contributed by atoms with Gasteiger partial charge in [-0.1, -0.05) is 87.5 Å². The number of ketones is 1. The zero-order chi connectivity index (χ0) is 50.2. The zero-order valence-electron chi connectivity index (χ0n) is 39.0. The minimum absolute atomic E-state index is 0.0341. The second-order valence-corrected chi connectivity index (χ2v) is 19.2. The van der Waals surface area contributed by atoms with Gasteiger partial charge in [0.05, 0.1) is 42.4 Å². The molecule has 2 bridgehead atoms. The first kappa shape index (κ1) is 50.4. The van der Waals surface area contributed by atoms with Gasteiger partial charge in [0.25, 0.3) is 5.91 Å². The fraction of sp³-hybridized carbons (Fsp3) is 0.490. The maximum absolute atomic E-state index is 15.7. The molecule has 3 saturated carbocycles. The number of hydrogen-bond acceptors (Lipinski definition) is 16. The van der Waals surface area contributed by atoms with E-state index in [4.69, 9.17) is 28.4 Å². The number of benzene rings is 3. The number of carboxylic acid groups (broad SMARTS) is 1. The number of carboxylic acids is 1. The van der Waals surface area contributed by atoms with E-state index in [1.165, 1.54) is 31.2 Å². The van der Waals surface area contributed by atoms with E-state index in [-0.39, 0.29) is 29.7 Å². The molecule has 3 aromatic rings. The summed E-state index contributed by atoms with van der Waals surface area (Å²) in [7, 11) is 0. The van der Waals surface area contributed by atoms with Gasteiger partial charge in [-0.3, -0.25) is 28.8 Å². The molecular weight excluding hydrogens is 899 g/mol. The van der Waals surface area contributed by atoms with E-state index in [0.29, 0.717) is 0 Å². The number of nitrogens with one attached hydrogen (secondary N) is 1. The SMILES string of the molecule is CC(=O)O[C@H]1C(=O)[C@]2(C)[C@@H](O)C[C@H]3OC[C@]3(OC(C)=O)[C@@H]2[C@@H](OC(=O)c2ccccc2)[C@]2(O)C[C@H](OC(=O)[C@H](OC(=O)CCC(=O)O)[C@@H](NC(=O)c3ccccc3)c3ccccc3)C(C)[C@@H]1C2(C)C. The molecule has 4 N–H and O–H groups in total. The molecule has 18 heteroatoms. The van der Waals surface area contributed by atoms with E-state index in [9.17, 15) is 44.1 Å². The number of esters is 5. The van der Waals surface area contributed by atoms with Crippen LogP contribution in [0, 0.1) is 28.6 Å². The molecule has 0 aromatic heterocycles. The van der Waals surface area contributed by atoms with Gasteiger partial charge in [-0.05, 0) is 36.8 Å². The molecule has 1 aliphatic heterocycles. The first-order chi connectivity index (χ1) is 32.6. The average Bonchev–Trinajstić information content (AvgIpc) is 3.30. The van der Waals surface area contributed by atoms with E-state index in [2.05, 4.69) is 5.32 Å². The number of carbonyl (C=O) groups excluding carboxylic acids is 7. The summed E-state index contributed by atoms with van der Waals surface area (Å²) in [6.07, 6.45) is -12.0. The lowest BCUT2D eigenvalue weighted by atomic mass is 9.42. The lowest BCUT2D eigenvalue weighted by Crippen LogP contribution is -2.83. The largest absolute Gasteiger partial charge is 0.481 e. The van der Waals surface area contributed by atoms with Gasteiger partial charge in [0, 0.05) is 49.5 Å². The fourth-order valence-electron chi connectivity index (χ4n) is 11.3. The van der Waals surface area contributed by atoms with Crippen LogP contribution in [0.5, 0.6) is 0 Å². The first-order valence-electron chi connectivity index (χ1n) is 22.8. The topological polar surface area (TPSA) is 265 Å². The molecule has 4 fully saturated rings. The Morgan fingerprint density at radius 3 is 1.96 bits per heavy atom. The van der Waals surface area contributed by atoms with Crippen molar-refractivity contribution in [2.24, 2.45) is 28.6 Å². The summed E-state index contributed by atoms with van der Waals surface area (Å²) in [5, 5.41) is 38.2. The van der Waals surface area contributed by atoms with Gasteiger partial charge in [0.15, 0.2) is 17.5 Å². The highest BCUT2D eigenvalue weighted by Gasteiger charge is 2.79. The second kappa shape index (κ2) is 19.5. The minimum atomic E-state index is -2.44. The minimum Gasteiger partial charge on any atom is -0.481 e. The molecule has 7 rings (SSSR count). The van der Waals surface area contributed by atoms with Gasteiger partial charge in [-0.25, -0.2) is 9.59 Å². The highest BCUT2D eigenvalue weighted by atomic mass is 16.6. The Bertz CT molecular complexity index is 2460. The number of amides is 1. The Labute approximate surface area is 397 Å². The van der Waals surface area contributed by atoms with E-state index < -0.39 is 149 Å². The third-order valence-electron chi connectivity index (χ3n) is 14.8. The van der Waals surface area contributed by atoms with Crippen molar-refractivity contribution >= 4 is 47.5 Å². The molecule has 13 atom stereocenters. The summed E-state index contributed by atoms with van der Waals surface area (Å²) in [4.78, 5) is 110. The van der Waals surface area contributed by atoms with Crippen molar-refractivity contribution < 1.29 is 82.1 Å². The van der Waals surface area contributed by atoms with Crippen LogP contribution in [0.3, 0.4) is 0 Å². The van der Waals surface area contributed by atoms with Gasteiger partial charge in [-0.2, -0.15) is 0 Å². The van der Waals surface area contributed by atoms with Crippen molar-refractivity contribution in [3.63, 3.8) is 0 Å². The van der Waals surface area contributed by atoms with Crippen LogP contribution in [0.2, 0.25) is 0 Å². The third kappa shape index (κ3) is 9.24. The molecule has 18 nitrogen and oxygen atoms in total. The number of ether oxygens (including phenoxy) is 6. The van der Waals surface area contributed by atoms with Crippen LogP contribution in [0.15, 0.2) is 91.0 Å². The molecular formula is C51H57NO17. The Balaban J connectivity index is 1.40. The molecule has 0 radical (unpaired) electrons. The Kier molecular flexibility index (Phi) is 14.2. The number of fused-ring (bicyclic) bond motifs is 5. The van der Waals surface area contributed by atoms with Crippen LogP contribution in [0.25, 0.3) is 0 Å². The maximum Gasteiger partial charge on any atom is 0.350 e. The predicted molar refractivity (Wildman–Crippen MR) is 238 cm³/mol. The highest BCUT2D eigenvalue weighted by molar-refractivity contribution is 5.95. The number of rotatable bonds is 14. The maximum atomic E-state index is 15.7. The Morgan fingerprint density at radius 1 is 0.812 bits per heavy atom. The fourth-order valence-corrected chi connectivity index (χ4v) is 11.3. The smallest absolute Gasteiger partial charge is 0.350 e. The van der Waals surface area contributed by atoms with Crippen LogP contribution < -0.4 is 5.32 Å². The number of Topliss-reactive ketones (excluding diaryl/α,β-unsaturated/α-hetero) is 1. The van der Waals surface area contributed by atoms with Crippen LogP contribution in [0.1, 0.15) is 99.5 Å². The van der Waals surface area contributed by atoms with Gasteiger partial charge in [-0.15, -0.1) is 0 Å². The van der Waals surface area contributed by atoms with E-state index in [1.807, 2.05) is 0 Å². The van der Waals surface area contributed by atoms with Crippen molar-refractivity contribution in [3.05, 3.63) is 108 Å². The molecule has 368 valence electrons. The average molecular weight is 956 g/mol. The lowest BCUT2D eigenvalue weighted by Gasteiger charge is -2.69. The molecule has 69 heavy (non-hydrogen) atoms. The quantitative estimate of drug-likeness (QED) is 0.131. The summed E-state index contributed by atoms with van der Waals surface area (Å²) < 4.78 is 36.5. The first-order valence-corrected chi connectivity index (χ1v) is 22.8. The van der Waals surface area contributed by atoms with Gasteiger partial charge >= 0.3 is 35.8 Å². The second-order valence-electron chi connectivity index (χ2n) is 19.2. The standard InChI is InChI=1S/C51H57NO17/c1-27-33(66-47(62)41(67-37(58)23-22-36(56)57)39(30-16-10-7-11-17-30)52-45(60)31-18-12-8-13-19-31)25-51(63)44(68-46(61)32-20-14-9-15-21-32)42-49(6,34(55)24-35-50(42,26-64-35)69-29(3)54)43(59)40(65-28(2)53)38(27)48(51,4)5/h7-21,27,33-35,38-42,44,55,63H,22-26H2,1-6H3,(H,52,60)(H,56,57)/t27?,33-,34-,35+,38-,39-,40+,41+,42+,44+,49+,50+,51+/m0/s1. The van der Waals surface area contributed by atoms with Crippen molar-refractivity contribution in [3.8, 4) is 0 Å². The Hall–Kier alpha value is -6.50. The Morgan fingerprint density at radius 2 is 1.41 bits per heavy atom. The van der Waals surface area contributed by atoms with Gasteiger partial charge in [0.1, 0.15) is 30.0 Å². The zero-order valence-corrected chi connectivity index (χ0v) is 39.0. The van der Waals surface area contributed by atoms with Gasteiger partial charge in [0.2, 0.25) is 6.10 Å². The summed E-state index contributed by atoms with van der Waals surface area (Å²) in [5.41, 5.74) is -7.51. The summed E-state index contributed by atoms with van der Waals surface area (Å²) in [5.74, 6) is -11.9. The highest BCUT2D eigenvalue weighted by Crippen LogP contribution is 2.65. The molecule has 3 aliphatic carbocycles. The number of aliphatic hydroxyl groups is 2. The number of aliphatic carboxylic acids is 1. The number of carbonyl (C=O) groups is 8. The summed E-state index contributed by atoms with van der Waals surface area (Å²) >= 11 is 0. The molecule has 1 saturated heterocycles. The molecule has 1 amide bonds. The number of hydrogen-bond donors (Lipinski definition) is 4. The molecule has 0 spiro atoms. The summed E-state index contributed by atoms with van der Waals surface area (Å²) in [6.45, 7) is 7.98. The third-order valence-corrected chi connectivity index (χ3v) is 14.8. The lowest BCUT2D eigenvalue weighted by molar-refractivity contribution is -0.355. The summed E-state index contributed by atoms with van der Waals surface area (Å²) in [6, 6.07) is 22.2. The van der Waals surface area contributed by atoms with Crippen molar-refractivity contribution in [2.45, 2.75) is 121 Å². The predicted octanol–water partition coefficient (Wildman–Crippen LogP) is 4.09. The van der Waals surface area contributed by atoms with E-state index in [0.717, 1.165) is 13.8 Å². The normalized spacial score (nSPS) is 31.7. The van der Waals surface area contributed by atoms with Crippen LogP contribution in [-0.4, -0.2) is 117 Å². The molecule has 1 unspecified atom stereocenters. The molecule has 4 aliphatic rings. The van der Waals surface area contributed by atoms with Crippen molar-refractivity contribution in [2.75, 3.05) is 6.61 Å².